The summed E-state index contributed by atoms with van der Waals surface area (Å²) in [7, 11) is 1.64. The molecule has 0 atom stereocenters. The highest BCUT2D eigenvalue weighted by Gasteiger charge is 2.20. The molecule has 1 aromatic rings. The largest absolute Gasteiger partial charge is 0.497 e. The molecule has 0 radical (unpaired) electrons. The summed E-state index contributed by atoms with van der Waals surface area (Å²) in [4.78, 5) is 17.6. The Morgan fingerprint density at radius 3 is 3.10 bits per heavy atom. The van der Waals surface area contributed by atoms with Crippen molar-refractivity contribution in [1.82, 2.24) is 0 Å². The number of ether oxygens (including phenoxy) is 2. The number of carbonyl (C=O) groups excluding carboxylic acids is 1. The molecule has 1 amide bonds. The van der Waals surface area contributed by atoms with Gasteiger partial charge in [0.05, 0.1) is 13.7 Å². The molecule has 0 unspecified atom stereocenters. The van der Waals surface area contributed by atoms with Crippen molar-refractivity contribution in [2.24, 2.45) is 4.99 Å². The highest BCUT2D eigenvalue weighted by molar-refractivity contribution is 8.14. The van der Waals surface area contributed by atoms with E-state index < -0.39 is 6.09 Å². The van der Waals surface area contributed by atoms with Crippen molar-refractivity contribution in [3.63, 3.8) is 0 Å². The Balaban J connectivity index is 2.23. The lowest BCUT2D eigenvalue weighted by Crippen LogP contribution is -2.34. The summed E-state index contributed by atoms with van der Waals surface area (Å²) in [6, 6.07) is 7.74. The van der Waals surface area contributed by atoms with Crippen molar-refractivity contribution >= 4 is 28.7 Å². The van der Waals surface area contributed by atoms with Crippen LogP contribution >= 0.6 is 11.8 Å². The minimum atomic E-state index is -0.537. The van der Waals surface area contributed by atoms with Gasteiger partial charge in [-0.25, -0.2) is 4.79 Å². The van der Waals surface area contributed by atoms with Gasteiger partial charge < -0.3 is 14.4 Å². The molecule has 2 rings (SSSR count). The van der Waals surface area contributed by atoms with E-state index in [1.807, 2.05) is 29.2 Å². The number of carbonyl (C=O) groups is 1. The number of methoxy groups -OCH3 is 1. The van der Waals surface area contributed by atoms with Crippen LogP contribution in [-0.2, 0) is 4.74 Å². The summed E-state index contributed by atoms with van der Waals surface area (Å²) >= 11 is 1.57. The standard InChI is InChI=1S/C14H18N2O3S/c1-3-19-14(17)15-13-16(8-5-9-20-13)11-6-4-7-12(10-11)18-2/h4,6-7,10H,3,5,8-9H2,1-2H3/b15-13-. The van der Waals surface area contributed by atoms with E-state index in [2.05, 4.69) is 4.99 Å². The van der Waals surface area contributed by atoms with Crippen LogP contribution in [0, 0.1) is 0 Å². The molecule has 1 saturated heterocycles. The summed E-state index contributed by atoms with van der Waals surface area (Å²) in [6.45, 7) is 2.93. The predicted molar refractivity (Wildman–Crippen MR) is 81.9 cm³/mol. The first kappa shape index (κ1) is 14.7. The molecule has 0 bridgehead atoms. The van der Waals surface area contributed by atoms with Gasteiger partial charge in [0.25, 0.3) is 0 Å². The molecule has 0 aromatic heterocycles. The molecule has 108 valence electrons. The van der Waals surface area contributed by atoms with Crippen LogP contribution in [0.15, 0.2) is 29.3 Å². The molecule has 1 aromatic carbocycles. The molecule has 0 saturated carbocycles. The van der Waals surface area contributed by atoms with Gasteiger partial charge in [0.1, 0.15) is 5.75 Å². The number of amides is 1. The fourth-order valence-electron chi connectivity index (χ4n) is 1.90. The second kappa shape index (κ2) is 7.19. The highest BCUT2D eigenvalue weighted by Crippen LogP contribution is 2.27. The molecule has 0 N–H and O–H groups in total. The van der Waals surface area contributed by atoms with E-state index in [1.54, 1.807) is 25.8 Å². The highest BCUT2D eigenvalue weighted by atomic mass is 32.2. The maximum Gasteiger partial charge on any atom is 0.436 e. The van der Waals surface area contributed by atoms with Crippen LogP contribution in [0.4, 0.5) is 10.5 Å². The van der Waals surface area contributed by atoms with E-state index in [0.29, 0.717) is 11.8 Å². The number of nitrogens with zero attached hydrogens (tertiary/aromatic N) is 2. The van der Waals surface area contributed by atoms with Crippen LogP contribution in [0.2, 0.25) is 0 Å². The molecule has 0 aliphatic carbocycles. The molecule has 5 nitrogen and oxygen atoms in total. The van der Waals surface area contributed by atoms with Gasteiger partial charge in [0, 0.05) is 24.1 Å². The number of rotatable bonds is 3. The molecule has 20 heavy (non-hydrogen) atoms. The minimum Gasteiger partial charge on any atom is -0.497 e. The summed E-state index contributed by atoms with van der Waals surface area (Å²) in [5.41, 5.74) is 0.972. The number of thioether (sulfide) groups is 1. The van der Waals surface area contributed by atoms with Crippen molar-refractivity contribution in [2.45, 2.75) is 13.3 Å². The molecule has 1 aliphatic heterocycles. The molecule has 1 aliphatic rings. The number of benzene rings is 1. The maximum absolute atomic E-state index is 11.5. The van der Waals surface area contributed by atoms with Crippen LogP contribution in [-0.4, -0.2) is 37.3 Å². The summed E-state index contributed by atoms with van der Waals surface area (Å²) in [5, 5.41) is 0.683. The summed E-state index contributed by atoms with van der Waals surface area (Å²) in [6.07, 6.45) is 0.508. The van der Waals surface area contributed by atoms with Crippen molar-refractivity contribution < 1.29 is 14.3 Å². The number of hydrogen-bond donors (Lipinski definition) is 0. The Bertz CT molecular complexity index is 505. The SMILES string of the molecule is CCOC(=O)/N=C1\SCCCN1c1cccc(OC)c1. The van der Waals surface area contributed by atoms with Gasteiger partial charge in [-0.1, -0.05) is 17.8 Å². The van der Waals surface area contributed by atoms with Gasteiger partial charge in [0.2, 0.25) is 0 Å². The number of hydrogen-bond acceptors (Lipinski definition) is 4. The first-order valence-electron chi connectivity index (χ1n) is 6.54. The normalized spacial score (nSPS) is 17.1. The molecular formula is C14H18N2O3S. The zero-order chi connectivity index (χ0) is 14.4. The van der Waals surface area contributed by atoms with Crippen LogP contribution in [0.3, 0.4) is 0 Å². The molecular weight excluding hydrogens is 276 g/mol. The number of anilines is 1. The maximum atomic E-state index is 11.5. The third-order valence-corrected chi connectivity index (χ3v) is 3.87. The third kappa shape index (κ3) is 3.66. The number of amidine groups is 1. The smallest absolute Gasteiger partial charge is 0.436 e. The summed E-state index contributed by atoms with van der Waals surface area (Å²) < 4.78 is 10.1. The molecule has 1 fully saturated rings. The van der Waals surface area contributed by atoms with Crippen LogP contribution in [0.1, 0.15) is 13.3 Å². The monoisotopic (exact) mass is 294 g/mol. The zero-order valence-corrected chi connectivity index (χ0v) is 12.5. The second-order valence-corrected chi connectivity index (χ2v) is 5.21. The van der Waals surface area contributed by atoms with Crippen molar-refractivity contribution in [2.75, 3.05) is 30.9 Å². The van der Waals surface area contributed by atoms with Crippen LogP contribution in [0.25, 0.3) is 0 Å². The zero-order valence-electron chi connectivity index (χ0n) is 11.7. The van der Waals surface area contributed by atoms with Crippen molar-refractivity contribution in [1.29, 1.82) is 0 Å². The van der Waals surface area contributed by atoms with Gasteiger partial charge in [-0.15, -0.1) is 0 Å². The Morgan fingerprint density at radius 2 is 2.35 bits per heavy atom. The molecule has 6 heteroatoms. The Hall–Kier alpha value is -1.69. The average Bonchev–Trinajstić information content (AvgIpc) is 2.48. The van der Waals surface area contributed by atoms with Gasteiger partial charge in [-0.2, -0.15) is 4.99 Å². The summed E-state index contributed by atoms with van der Waals surface area (Å²) in [5.74, 6) is 1.74. The van der Waals surface area contributed by atoms with Gasteiger partial charge in [-0.3, -0.25) is 0 Å². The fraction of sp³-hybridized carbons (Fsp3) is 0.429. The van der Waals surface area contributed by atoms with Crippen molar-refractivity contribution in [3.8, 4) is 5.75 Å². The van der Waals surface area contributed by atoms with Crippen LogP contribution < -0.4 is 9.64 Å². The Labute approximate surface area is 123 Å². The van der Waals surface area contributed by atoms with E-state index in [-0.39, 0.29) is 0 Å². The van der Waals surface area contributed by atoms with Crippen LogP contribution in [0.5, 0.6) is 5.75 Å². The predicted octanol–water partition coefficient (Wildman–Crippen LogP) is 3.15. The Kier molecular flexibility index (Phi) is 5.29. The average molecular weight is 294 g/mol. The Morgan fingerprint density at radius 1 is 1.50 bits per heavy atom. The number of aliphatic imine (C=N–C) groups is 1. The lowest BCUT2D eigenvalue weighted by molar-refractivity contribution is 0.163. The minimum absolute atomic E-state index is 0.333. The van der Waals surface area contributed by atoms with Gasteiger partial charge in [0.15, 0.2) is 5.17 Å². The third-order valence-electron chi connectivity index (χ3n) is 2.81. The lowest BCUT2D eigenvalue weighted by atomic mass is 10.2. The van der Waals surface area contributed by atoms with E-state index >= 15 is 0 Å². The van der Waals surface area contributed by atoms with Crippen molar-refractivity contribution in [3.05, 3.63) is 24.3 Å². The van der Waals surface area contributed by atoms with E-state index in [4.69, 9.17) is 9.47 Å². The van der Waals surface area contributed by atoms with Gasteiger partial charge >= 0.3 is 6.09 Å². The topological polar surface area (TPSA) is 51.1 Å². The second-order valence-electron chi connectivity index (χ2n) is 4.15. The van der Waals surface area contributed by atoms with Gasteiger partial charge in [-0.05, 0) is 25.5 Å². The van der Waals surface area contributed by atoms with E-state index in [1.165, 1.54) is 0 Å². The first-order chi connectivity index (χ1) is 9.74. The first-order valence-corrected chi connectivity index (χ1v) is 7.53. The van der Waals surface area contributed by atoms with E-state index in [0.717, 1.165) is 30.2 Å². The lowest BCUT2D eigenvalue weighted by Gasteiger charge is -2.29. The quantitative estimate of drug-likeness (QED) is 0.857. The molecule has 0 spiro atoms. The van der Waals surface area contributed by atoms with E-state index in [9.17, 15) is 4.79 Å². The molecule has 1 heterocycles. The fourth-order valence-corrected chi connectivity index (χ4v) is 2.85.